The molecule has 90 valence electrons. The Kier molecular flexibility index (Phi) is 3.34. The number of nitrogens with two attached hydrogens (primary N) is 1. The maximum atomic E-state index is 13.4. The fourth-order valence-corrected chi connectivity index (χ4v) is 1.66. The Bertz CT molecular complexity index is 523. The summed E-state index contributed by atoms with van der Waals surface area (Å²) in [6, 6.07) is 1.84. The van der Waals surface area contributed by atoms with Gasteiger partial charge in [-0.3, -0.25) is 0 Å². The maximum Gasteiger partial charge on any atom is 0.320 e. The maximum absolute atomic E-state index is 13.4. The van der Waals surface area contributed by atoms with Gasteiger partial charge in [-0.05, 0) is 22.0 Å². The zero-order valence-electron chi connectivity index (χ0n) is 8.38. The summed E-state index contributed by atoms with van der Waals surface area (Å²) in [7, 11) is 0. The molecule has 0 atom stereocenters. The van der Waals surface area contributed by atoms with E-state index < -0.39 is 11.6 Å². The van der Waals surface area contributed by atoms with Gasteiger partial charge >= 0.3 is 6.01 Å². The molecule has 0 amide bonds. The Morgan fingerprint density at radius 1 is 1.35 bits per heavy atom. The molecule has 0 aliphatic heterocycles. The predicted molar refractivity (Wildman–Crippen MR) is 59.5 cm³/mol. The Morgan fingerprint density at radius 2 is 2.12 bits per heavy atom. The van der Waals surface area contributed by atoms with Crippen LogP contribution < -0.4 is 11.1 Å². The van der Waals surface area contributed by atoms with E-state index in [9.17, 15) is 8.78 Å². The largest absolute Gasteiger partial charge is 0.406 e. The number of benzene rings is 1. The molecule has 1 aromatic heterocycles. The number of anilines is 2. The normalized spacial score (nSPS) is 10.6. The molecule has 2 aromatic rings. The molecule has 0 aliphatic rings. The molecule has 2 rings (SSSR count). The van der Waals surface area contributed by atoms with Gasteiger partial charge in [0, 0.05) is 10.5 Å². The van der Waals surface area contributed by atoms with Gasteiger partial charge in [0.2, 0.25) is 5.89 Å². The van der Waals surface area contributed by atoms with Crippen LogP contribution in [0.3, 0.4) is 0 Å². The van der Waals surface area contributed by atoms with Gasteiger partial charge in [-0.15, -0.1) is 5.10 Å². The van der Waals surface area contributed by atoms with Crippen LogP contribution in [0.4, 0.5) is 20.5 Å². The Labute approximate surface area is 103 Å². The zero-order valence-corrected chi connectivity index (χ0v) is 9.96. The number of hydrogen-bond acceptors (Lipinski definition) is 5. The third-order valence-electron chi connectivity index (χ3n) is 1.88. The van der Waals surface area contributed by atoms with Crippen LogP contribution in [0.25, 0.3) is 0 Å². The van der Waals surface area contributed by atoms with Crippen molar-refractivity contribution in [2.75, 3.05) is 5.32 Å². The number of nitrogens with zero attached hydrogens (tertiary/aromatic N) is 2. The molecule has 3 N–H and O–H groups in total. The van der Waals surface area contributed by atoms with Crippen LogP contribution in [-0.2, 0) is 6.54 Å². The first-order chi connectivity index (χ1) is 8.10. The second kappa shape index (κ2) is 4.76. The molecule has 0 saturated heterocycles. The van der Waals surface area contributed by atoms with E-state index in [1.807, 2.05) is 0 Å². The van der Waals surface area contributed by atoms with Gasteiger partial charge in [0.05, 0.1) is 12.2 Å². The molecule has 0 fully saturated rings. The van der Waals surface area contributed by atoms with Crippen molar-refractivity contribution in [2.24, 2.45) is 5.73 Å². The summed E-state index contributed by atoms with van der Waals surface area (Å²) in [6.07, 6.45) is 0. The van der Waals surface area contributed by atoms with Crippen LogP contribution in [0.2, 0.25) is 0 Å². The summed E-state index contributed by atoms with van der Waals surface area (Å²) in [5, 5.41) is 9.73. The predicted octanol–water partition coefficient (Wildman–Crippen LogP) is 2.31. The van der Waals surface area contributed by atoms with E-state index in [1.165, 1.54) is 0 Å². The van der Waals surface area contributed by atoms with Gasteiger partial charge in [0.1, 0.15) is 5.82 Å². The lowest BCUT2D eigenvalue weighted by atomic mass is 10.3. The molecule has 1 heterocycles. The Morgan fingerprint density at radius 3 is 2.71 bits per heavy atom. The smallest absolute Gasteiger partial charge is 0.320 e. The molecule has 0 radical (unpaired) electrons. The molecule has 0 unspecified atom stereocenters. The highest BCUT2D eigenvalue weighted by Crippen LogP contribution is 2.29. The summed E-state index contributed by atoms with van der Waals surface area (Å²) in [5.74, 6) is -1.25. The molecule has 8 heteroatoms. The van der Waals surface area contributed by atoms with E-state index in [-0.39, 0.29) is 28.6 Å². The number of rotatable bonds is 3. The number of hydrogen-bond donors (Lipinski definition) is 2. The number of nitrogens with one attached hydrogen (secondary N) is 1. The molecular weight excluding hydrogens is 298 g/mol. The van der Waals surface area contributed by atoms with Gasteiger partial charge in [0.25, 0.3) is 0 Å². The second-order valence-corrected chi connectivity index (χ2v) is 3.93. The molecular formula is C9H7BrF2N4O. The van der Waals surface area contributed by atoms with Crippen molar-refractivity contribution >= 4 is 27.6 Å². The zero-order chi connectivity index (χ0) is 12.4. The average Bonchev–Trinajstić information content (AvgIpc) is 2.71. The van der Waals surface area contributed by atoms with Crippen molar-refractivity contribution < 1.29 is 13.2 Å². The lowest BCUT2D eigenvalue weighted by Gasteiger charge is -2.05. The third-order valence-corrected chi connectivity index (χ3v) is 2.51. The first kappa shape index (κ1) is 11.9. The number of halogens is 3. The molecule has 0 aliphatic carbocycles. The first-order valence-corrected chi connectivity index (χ1v) is 5.33. The molecule has 0 saturated carbocycles. The molecule has 0 spiro atoms. The van der Waals surface area contributed by atoms with Gasteiger partial charge in [0.15, 0.2) is 5.82 Å². The molecule has 17 heavy (non-hydrogen) atoms. The third kappa shape index (κ3) is 2.59. The molecule has 5 nitrogen and oxygen atoms in total. The van der Waals surface area contributed by atoms with Crippen molar-refractivity contribution in [1.29, 1.82) is 0 Å². The summed E-state index contributed by atoms with van der Waals surface area (Å²) in [4.78, 5) is 0. The monoisotopic (exact) mass is 304 g/mol. The Balaban J connectivity index is 2.29. The van der Waals surface area contributed by atoms with Gasteiger partial charge in [-0.25, -0.2) is 8.78 Å². The Hall–Kier alpha value is -1.54. The number of aromatic nitrogens is 2. The highest BCUT2D eigenvalue weighted by Gasteiger charge is 2.12. The summed E-state index contributed by atoms with van der Waals surface area (Å²) in [5.41, 5.74) is 5.29. The minimum atomic E-state index is -0.774. The van der Waals surface area contributed by atoms with Crippen molar-refractivity contribution in [1.82, 2.24) is 10.2 Å². The SMILES string of the molecule is NCc1nnc(Nc2c(F)cc(F)cc2Br)o1. The van der Waals surface area contributed by atoms with E-state index in [0.717, 1.165) is 12.1 Å². The minimum Gasteiger partial charge on any atom is -0.406 e. The van der Waals surface area contributed by atoms with Crippen molar-refractivity contribution in [3.05, 3.63) is 34.1 Å². The van der Waals surface area contributed by atoms with Crippen LogP contribution in [0.15, 0.2) is 21.0 Å². The first-order valence-electron chi connectivity index (χ1n) is 4.54. The van der Waals surface area contributed by atoms with Crippen molar-refractivity contribution in [2.45, 2.75) is 6.54 Å². The molecule has 1 aromatic carbocycles. The van der Waals surface area contributed by atoms with Gasteiger partial charge < -0.3 is 15.5 Å². The van der Waals surface area contributed by atoms with E-state index >= 15 is 0 Å². The van der Waals surface area contributed by atoms with E-state index in [2.05, 4.69) is 31.4 Å². The topological polar surface area (TPSA) is 77.0 Å². The summed E-state index contributed by atoms with van der Waals surface area (Å²) >= 11 is 3.02. The molecule has 0 bridgehead atoms. The fraction of sp³-hybridized carbons (Fsp3) is 0.111. The summed E-state index contributed by atoms with van der Waals surface area (Å²) < 4.78 is 31.5. The highest BCUT2D eigenvalue weighted by molar-refractivity contribution is 9.10. The average molecular weight is 305 g/mol. The van der Waals surface area contributed by atoms with E-state index in [1.54, 1.807) is 0 Å². The van der Waals surface area contributed by atoms with Crippen LogP contribution in [0.1, 0.15) is 5.89 Å². The highest BCUT2D eigenvalue weighted by atomic mass is 79.9. The van der Waals surface area contributed by atoms with E-state index in [4.69, 9.17) is 10.2 Å². The van der Waals surface area contributed by atoms with Crippen LogP contribution in [0, 0.1) is 11.6 Å². The lowest BCUT2D eigenvalue weighted by molar-refractivity contribution is 0.510. The second-order valence-electron chi connectivity index (χ2n) is 3.07. The van der Waals surface area contributed by atoms with E-state index in [0.29, 0.717) is 0 Å². The van der Waals surface area contributed by atoms with Crippen LogP contribution in [0.5, 0.6) is 0 Å². The standard InChI is InChI=1S/C9H7BrF2N4O/c10-5-1-4(11)2-6(12)8(5)14-9-16-15-7(3-13)17-9/h1-2H,3,13H2,(H,14,16). The van der Waals surface area contributed by atoms with Crippen molar-refractivity contribution in [3.63, 3.8) is 0 Å². The lowest BCUT2D eigenvalue weighted by Crippen LogP contribution is -1.96. The van der Waals surface area contributed by atoms with Crippen LogP contribution >= 0.6 is 15.9 Å². The van der Waals surface area contributed by atoms with Crippen LogP contribution in [-0.4, -0.2) is 10.2 Å². The van der Waals surface area contributed by atoms with Gasteiger partial charge in [-0.1, -0.05) is 5.10 Å². The van der Waals surface area contributed by atoms with Crippen molar-refractivity contribution in [3.8, 4) is 0 Å². The summed E-state index contributed by atoms with van der Waals surface area (Å²) in [6.45, 7) is 0.0851. The minimum absolute atomic E-state index is 0.0126. The fourth-order valence-electron chi connectivity index (χ4n) is 1.16. The quantitative estimate of drug-likeness (QED) is 0.910. The van der Waals surface area contributed by atoms with Gasteiger partial charge in [-0.2, -0.15) is 0 Å².